The Bertz CT molecular complexity index is 926. The molecule has 1 aromatic carbocycles. The van der Waals surface area contributed by atoms with Gasteiger partial charge in [-0.05, 0) is 23.4 Å². The topological polar surface area (TPSA) is 81.2 Å². The van der Waals surface area contributed by atoms with Crippen LogP contribution in [0.2, 0.25) is 0 Å². The van der Waals surface area contributed by atoms with E-state index in [2.05, 4.69) is 4.98 Å². The van der Waals surface area contributed by atoms with Gasteiger partial charge in [0.05, 0.1) is 11.7 Å². The van der Waals surface area contributed by atoms with E-state index in [1.807, 2.05) is 35.7 Å². The van der Waals surface area contributed by atoms with Gasteiger partial charge in [-0.2, -0.15) is 0 Å². The van der Waals surface area contributed by atoms with Crippen LogP contribution in [0.1, 0.15) is 12.0 Å². The minimum atomic E-state index is -0.0984. The van der Waals surface area contributed by atoms with E-state index >= 15 is 0 Å². The average molecular weight is 407 g/mol. The lowest BCUT2D eigenvalue weighted by Crippen LogP contribution is -2.37. The molecule has 2 aromatic heterocycles. The molecule has 6 nitrogen and oxygen atoms in total. The standard InChI is InChI=1S/C19H22N4O2S.ClH/c20-9-12-22(10-6-15-4-2-1-3-5-15)17(24)7-11-23-14-21-18-16(19(23)25)8-13-26-18;/h1-5,8,13-14H,6-7,9-12,20H2;1H. The zero-order valence-electron chi connectivity index (χ0n) is 14.9. The molecule has 0 spiro atoms. The second-order valence-corrected chi connectivity index (χ2v) is 6.93. The Hall–Kier alpha value is -2.22. The van der Waals surface area contributed by atoms with Gasteiger partial charge in [0.2, 0.25) is 5.91 Å². The van der Waals surface area contributed by atoms with Gasteiger partial charge in [0.25, 0.3) is 5.56 Å². The summed E-state index contributed by atoms with van der Waals surface area (Å²) in [6, 6.07) is 11.8. The Kier molecular flexibility index (Phi) is 7.97. The number of carbonyl (C=O) groups is 1. The summed E-state index contributed by atoms with van der Waals surface area (Å²) in [7, 11) is 0. The molecule has 0 aliphatic heterocycles. The number of benzene rings is 1. The van der Waals surface area contributed by atoms with Crippen LogP contribution in [0.3, 0.4) is 0 Å². The predicted octanol–water partition coefficient (Wildman–Crippen LogP) is 2.30. The minimum absolute atomic E-state index is 0. The second-order valence-electron chi connectivity index (χ2n) is 6.04. The highest BCUT2D eigenvalue weighted by Gasteiger charge is 2.14. The van der Waals surface area contributed by atoms with Gasteiger partial charge in [-0.1, -0.05) is 30.3 Å². The fourth-order valence-corrected chi connectivity index (χ4v) is 3.58. The fraction of sp³-hybridized carbons (Fsp3) is 0.316. The highest BCUT2D eigenvalue weighted by atomic mass is 35.5. The number of carbonyl (C=O) groups excluding carboxylic acids is 1. The first-order valence-electron chi connectivity index (χ1n) is 8.63. The van der Waals surface area contributed by atoms with Crippen LogP contribution < -0.4 is 11.3 Å². The summed E-state index contributed by atoms with van der Waals surface area (Å²) in [5, 5.41) is 2.45. The van der Waals surface area contributed by atoms with Crippen LogP contribution in [0.4, 0.5) is 0 Å². The summed E-state index contributed by atoms with van der Waals surface area (Å²) in [5.41, 5.74) is 6.75. The van der Waals surface area contributed by atoms with Crippen molar-refractivity contribution in [1.82, 2.24) is 14.5 Å². The molecule has 1 amide bonds. The SMILES string of the molecule is Cl.NCCN(CCc1ccccc1)C(=O)CCn1cnc2sccc2c1=O. The first-order chi connectivity index (χ1) is 12.7. The largest absolute Gasteiger partial charge is 0.341 e. The van der Waals surface area contributed by atoms with Gasteiger partial charge < -0.3 is 10.6 Å². The maximum Gasteiger partial charge on any atom is 0.262 e. The monoisotopic (exact) mass is 406 g/mol. The molecule has 0 saturated carbocycles. The molecule has 27 heavy (non-hydrogen) atoms. The smallest absolute Gasteiger partial charge is 0.262 e. The maximum atomic E-state index is 12.6. The lowest BCUT2D eigenvalue weighted by molar-refractivity contribution is -0.131. The summed E-state index contributed by atoms with van der Waals surface area (Å²) in [5.74, 6) is 0.00342. The van der Waals surface area contributed by atoms with Crippen molar-refractivity contribution in [3.63, 3.8) is 0 Å². The number of hydrogen-bond acceptors (Lipinski definition) is 5. The minimum Gasteiger partial charge on any atom is -0.341 e. The van der Waals surface area contributed by atoms with Gasteiger partial charge >= 0.3 is 0 Å². The fourth-order valence-electron chi connectivity index (χ4n) is 2.85. The van der Waals surface area contributed by atoms with Crippen LogP contribution in [0.5, 0.6) is 0 Å². The van der Waals surface area contributed by atoms with Gasteiger partial charge in [-0.3, -0.25) is 14.2 Å². The van der Waals surface area contributed by atoms with E-state index in [4.69, 9.17) is 5.73 Å². The normalized spacial score (nSPS) is 10.6. The van der Waals surface area contributed by atoms with Gasteiger partial charge in [0, 0.05) is 32.6 Å². The van der Waals surface area contributed by atoms with Crippen molar-refractivity contribution in [2.75, 3.05) is 19.6 Å². The molecular weight excluding hydrogens is 384 g/mol. The number of aromatic nitrogens is 2. The van der Waals surface area contributed by atoms with Crippen LogP contribution in [0.25, 0.3) is 10.2 Å². The molecule has 3 rings (SSSR count). The lowest BCUT2D eigenvalue weighted by atomic mass is 10.1. The molecule has 144 valence electrons. The van der Waals surface area contributed by atoms with Crippen LogP contribution >= 0.6 is 23.7 Å². The molecule has 8 heteroatoms. The summed E-state index contributed by atoms with van der Waals surface area (Å²) in [6.45, 7) is 1.88. The first-order valence-corrected chi connectivity index (χ1v) is 9.51. The number of fused-ring (bicyclic) bond motifs is 1. The van der Waals surface area contributed by atoms with Crippen molar-refractivity contribution < 1.29 is 4.79 Å². The van der Waals surface area contributed by atoms with E-state index in [-0.39, 0.29) is 30.3 Å². The molecule has 0 aliphatic carbocycles. The molecule has 2 N–H and O–H groups in total. The van der Waals surface area contributed by atoms with E-state index in [0.29, 0.717) is 31.6 Å². The molecular formula is C19H23ClN4O2S. The maximum absolute atomic E-state index is 12.6. The molecule has 0 atom stereocenters. The first kappa shape index (κ1) is 21.1. The Morgan fingerprint density at radius 3 is 2.70 bits per heavy atom. The highest BCUT2D eigenvalue weighted by Crippen LogP contribution is 2.13. The molecule has 3 aromatic rings. The van der Waals surface area contributed by atoms with Gasteiger partial charge in [0.1, 0.15) is 4.83 Å². The van der Waals surface area contributed by atoms with E-state index in [9.17, 15) is 9.59 Å². The quantitative estimate of drug-likeness (QED) is 0.622. The Morgan fingerprint density at radius 2 is 1.96 bits per heavy atom. The van der Waals surface area contributed by atoms with Gasteiger partial charge in [-0.15, -0.1) is 23.7 Å². The lowest BCUT2D eigenvalue weighted by Gasteiger charge is -2.22. The van der Waals surface area contributed by atoms with Gasteiger partial charge in [0.15, 0.2) is 0 Å². The van der Waals surface area contributed by atoms with Crippen LogP contribution in [0, 0.1) is 0 Å². The summed E-state index contributed by atoms with van der Waals surface area (Å²) >= 11 is 1.44. The molecule has 0 saturated heterocycles. The summed E-state index contributed by atoms with van der Waals surface area (Å²) < 4.78 is 1.50. The number of nitrogens with two attached hydrogens (primary N) is 1. The number of amides is 1. The van der Waals surface area contributed by atoms with Gasteiger partial charge in [-0.25, -0.2) is 4.98 Å². The van der Waals surface area contributed by atoms with Crippen LogP contribution in [-0.4, -0.2) is 40.0 Å². The second kappa shape index (κ2) is 10.2. The number of aryl methyl sites for hydroxylation is 1. The molecule has 0 radical (unpaired) electrons. The zero-order chi connectivity index (χ0) is 18.4. The predicted molar refractivity (Wildman–Crippen MR) is 112 cm³/mol. The average Bonchev–Trinajstić information content (AvgIpc) is 3.15. The number of rotatable bonds is 8. The summed E-state index contributed by atoms with van der Waals surface area (Å²) in [4.78, 5) is 31.8. The molecule has 0 aliphatic rings. The van der Waals surface area contributed by atoms with Crippen molar-refractivity contribution in [1.29, 1.82) is 0 Å². The van der Waals surface area contributed by atoms with E-state index in [0.717, 1.165) is 11.3 Å². The zero-order valence-corrected chi connectivity index (χ0v) is 16.5. The van der Waals surface area contributed by atoms with Crippen molar-refractivity contribution in [3.8, 4) is 0 Å². The van der Waals surface area contributed by atoms with E-state index in [1.165, 1.54) is 27.8 Å². The van der Waals surface area contributed by atoms with Crippen LogP contribution in [0.15, 0.2) is 52.9 Å². The van der Waals surface area contributed by atoms with E-state index < -0.39 is 0 Å². The van der Waals surface area contributed by atoms with E-state index in [1.54, 1.807) is 11.0 Å². The Morgan fingerprint density at radius 1 is 1.19 bits per heavy atom. The molecule has 0 fully saturated rings. The van der Waals surface area contributed by atoms with Crippen LogP contribution in [-0.2, 0) is 17.8 Å². The van der Waals surface area contributed by atoms with Crippen molar-refractivity contribution in [2.24, 2.45) is 5.73 Å². The van der Waals surface area contributed by atoms with Crippen molar-refractivity contribution >= 4 is 39.9 Å². The number of nitrogens with zero attached hydrogens (tertiary/aromatic N) is 3. The molecule has 2 heterocycles. The Balaban J connectivity index is 0.00000261. The number of thiophene rings is 1. The molecule has 0 unspecified atom stereocenters. The molecule has 0 bridgehead atoms. The van der Waals surface area contributed by atoms with Crippen molar-refractivity contribution in [2.45, 2.75) is 19.4 Å². The Labute approximate surface area is 168 Å². The third kappa shape index (κ3) is 5.38. The third-order valence-corrected chi connectivity index (χ3v) is 5.10. The number of halogens is 1. The van der Waals surface area contributed by atoms with Crippen molar-refractivity contribution in [3.05, 3.63) is 64.0 Å². The number of hydrogen-bond donors (Lipinski definition) is 1. The highest BCUT2D eigenvalue weighted by molar-refractivity contribution is 7.16. The summed E-state index contributed by atoms with van der Waals surface area (Å²) in [6.07, 6.45) is 2.56. The third-order valence-electron chi connectivity index (χ3n) is 4.28.